The summed E-state index contributed by atoms with van der Waals surface area (Å²) < 4.78 is 10.5. The molecule has 2 rings (SSSR count). The van der Waals surface area contributed by atoms with Gasteiger partial charge in [-0.05, 0) is 36.4 Å². The average molecular weight is 332 g/mol. The van der Waals surface area contributed by atoms with Crippen molar-refractivity contribution in [1.29, 1.82) is 0 Å². The van der Waals surface area contributed by atoms with Crippen molar-refractivity contribution in [3.63, 3.8) is 0 Å². The van der Waals surface area contributed by atoms with Crippen LogP contribution in [0.3, 0.4) is 0 Å². The zero-order chi connectivity index (χ0) is 16.8. The van der Waals surface area contributed by atoms with Crippen LogP contribution in [0.25, 0.3) is 6.08 Å². The summed E-state index contributed by atoms with van der Waals surface area (Å²) in [7, 11) is 4.92. The van der Waals surface area contributed by atoms with E-state index in [1.165, 1.54) is 11.8 Å². The molecule has 1 aliphatic heterocycles. The number of aliphatic imine (C=N–C) groups is 1. The lowest BCUT2D eigenvalue weighted by Crippen LogP contribution is -2.24. The lowest BCUT2D eigenvalue weighted by Gasteiger charge is -2.08. The number of hydrogen-bond acceptors (Lipinski definition) is 5. The van der Waals surface area contributed by atoms with Gasteiger partial charge in [0.25, 0.3) is 5.91 Å². The first-order valence-electron chi connectivity index (χ1n) is 7.15. The number of amides is 1. The van der Waals surface area contributed by atoms with E-state index in [0.717, 1.165) is 12.0 Å². The van der Waals surface area contributed by atoms with Crippen molar-refractivity contribution in [1.82, 2.24) is 4.90 Å². The van der Waals surface area contributed by atoms with E-state index in [2.05, 4.69) is 11.6 Å². The van der Waals surface area contributed by atoms with Gasteiger partial charge in [0.1, 0.15) is 11.5 Å². The number of amidine groups is 1. The van der Waals surface area contributed by atoms with Crippen LogP contribution in [0.4, 0.5) is 0 Å². The predicted molar refractivity (Wildman–Crippen MR) is 95.0 cm³/mol. The fourth-order valence-electron chi connectivity index (χ4n) is 2.02. The molecule has 1 aliphatic rings. The summed E-state index contributed by atoms with van der Waals surface area (Å²) in [5, 5.41) is 0.704. The molecule has 0 aliphatic carbocycles. The van der Waals surface area contributed by atoms with Crippen molar-refractivity contribution in [2.45, 2.75) is 6.42 Å². The molecule has 0 N–H and O–H groups in total. The molecule has 0 unspecified atom stereocenters. The SMILES string of the molecule is C=CCCN=C1S/C(=C/c2ccc(OC)cc2OC)C(=O)N1C. The Bertz CT molecular complexity index is 668. The number of hydrogen-bond donors (Lipinski definition) is 0. The summed E-state index contributed by atoms with van der Waals surface area (Å²) in [6, 6.07) is 5.49. The zero-order valence-corrected chi connectivity index (χ0v) is 14.4. The minimum Gasteiger partial charge on any atom is -0.497 e. The highest BCUT2D eigenvalue weighted by Gasteiger charge is 2.30. The number of rotatable bonds is 6. The molecule has 23 heavy (non-hydrogen) atoms. The molecule has 6 heteroatoms. The summed E-state index contributed by atoms with van der Waals surface area (Å²) >= 11 is 1.37. The molecule has 1 heterocycles. The lowest BCUT2D eigenvalue weighted by atomic mass is 10.1. The molecule has 0 aromatic heterocycles. The molecular weight excluding hydrogens is 312 g/mol. The zero-order valence-electron chi connectivity index (χ0n) is 13.5. The first-order valence-corrected chi connectivity index (χ1v) is 7.97. The van der Waals surface area contributed by atoms with Gasteiger partial charge in [0.05, 0.1) is 19.1 Å². The van der Waals surface area contributed by atoms with Crippen LogP contribution in [0.2, 0.25) is 0 Å². The van der Waals surface area contributed by atoms with Gasteiger partial charge in [-0.2, -0.15) is 0 Å². The average Bonchev–Trinajstić information content (AvgIpc) is 2.83. The van der Waals surface area contributed by atoms with E-state index in [1.54, 1.807) is 32.2 Å². The summed E-state index contributed by atoms with van der Waals surface area (Å²) in [5.41, 5.74) is 0.824. The van der Waals surface area contributed by atoms with Gasteiger partial charge in [0.2, 0.25) is 0 Å². The molecule has 1 aromatic carbocycles. The molecule has 1 aromatic rings. The van der Waals surface area contributed by atoms with Gasteiger partial charge >= 0.3 is 0 Å². The molecule has 122 valence electrons. The lowest BCUT2D eigenvalue weighted by molar-refractivity contribution is -0.121. The number of carbonyl (C=O) groups is 1. The standard InChI is InChI=1S/C17H20N2O3S/c1-5-6-9-18-17-19(2)16(20)15(23-17)10-12-7-8-13(21-3)11-14(12)22-4/h5,7-8,10-11H,1,6,9H2,2-4H3/b15-10+,18-17?. The van der Waals surface area contributed by atoms with E-state index >= 15 is 0 Å². The molecule has 5 nitrogen and oxygen atoms in total. The Kier molecular flexibility index (Phi) is 5.87. The highest BCUT2D eigenvalue weighted by molar-refractivity contribution is 8.18. The van der Waals surface area contributed by atoms with Crippen LogP contribution in [-0.4, -0.2) is 43.8 Å². The van der Waals surface area contributed by atoms with Crippen LogP contribution in [0.5, 0.6) is 11.5 Å². The van der Waals surface area contributed by atoms with Crippen molar-refractivity contribution in [2.24, 2.45) is 4.99 Å². The highest BCUT2D eigenvalue weighted by atomic mass is 32.2. The molecule has 1 saturated heterocycles. The quantitative estimate of drug-likeness (QED) is 0.456. The number of carbonyl (C=O) groups excluding carboxylic acids is 1. The van der Waals surface area contributed by atoms with Crippen molar-refractivity contribution in [3.8, 4) is 11.5 Å². The maximum atomic E-state index is 12.3. The van der Waals surface area contributed by atoms with Crippen molar-refractivity contribution in [2.75, 3.05) is 27.8 Å². The monoisotopic (exact) mass is 332 g/mol. The van der Waals surface area contributed by atoms with Gasteiger partial charge in [-0.3, -0.25) is 14.7 Å². The van der Waals surface area contributed by atoms with E-state index in [-0.39, 0.29) is 5.91 Å². The Morgan fingerprint density at radius 2 is 2.13 bits per heavy atom. The number of methoxy groups -OCH3 is 2. The van der Waals surface area contributed by atoms with Crippen LogP contribution < -0.4 is 9.47 Å². The van der Waals surface area contributed by atoms with Crippen LogP contribution >= 0.6 is 11.8 Å². The summed E-state index contributed by atoms with van der Waals surface area (Å²) in [5.74, 6) is 1.30. The van der Waals surface area contributed by atoms with Gasteiger partial charge in [-0.25, -0.2) is 0 Å². The largest absolute Gasteiger partial charge is 0.497 e. The van der Waals surface area contributed by atoms with Crippen molar-refractivity contribution in [3.05, 3.63) is 41.3 Å². The second kappa shape index (κ2) is 7.87. The first kappa shape index (κ1) is 17.1. The predicted octanol–water partition coefficient (Wildman–Crippen LogP) is 3.18. The second-order valence-electron chi connectivity index (χ2n) is 4.82. The number of thioether (sulfide) groups is 1. The fraction of sp³-hybridized carbons (Fsp3) is 0.294. The highest BCUT2D eigenvalue weighted by Crippen LogP contribution is 2.34. The normalized spacial score (nSPS) is 17.9. The third kappa shape index (κ3) is 3.96. The Morgan fingerprint density at radius 1 is 1.35 bits per heavy atom. The molecule has 0 bridgehead atoms. The summed E-state index contributed by atoms with van der Waals surface area (Å²) in [6.45, 7) is 4.30. The van der Waals surface area contributed by atoms with Gasteiger partial charge < -0.3 is 9.47 Å². The third-order valence-electron chi connectivity index (χ3n) is 3.31. The Labute approximate surface area is 140 Å². The molecule has 1 amide bonds. The number of nitrogens with zero attached hydrogens (tertiary/aromatic N) is 2. The summed E-state index contributed by atoms with van der Waals surface area (Å²) in [6.07, 6.45) is 4.42. The topological polar surface area (TPSA) is 51.1 Å². The Balaban J connectivity index is 2.28. The number of ether oxygens (including phenoxy) is 2. The maximum Gasteiger partial charge on any atom is 0.266 e. The van der Waals surface area contributed by atoms with Gasteiger partial charge in [-0.1, -0.05) is 6.08 Å². The van der Waals surface area contributed by atoms with E-state index in [0.29, 0.717) is 28.1 Å². The number of benzene rings is 1. The second-order valence-corrected chi connectivity index (χ2v) is 5.83. The van der Waals surface area contributed by atoms with Gasteiger partial charge in [0, 0.05) is 25.2 Å². The van der Waals surface area contributed by atoms with Crippen LogP contribution in [0, 0.1) is 0 Å². The van der Waals surface area contributed by atoms with Crippen LogP contribution in [-0.2, 0) is 4.79 Å². The van der Waals surface area contributed by atoms with E-state index < -0.39 is 0 Å². The van der Waals surface area contributed by atoms with E-state index in [1.807, 2.05) is 24.3 Å². The number of likely N-dealkylation sites (N-methyl/N-ethyl adjacent to an activating group) is 1. The van der Waals surface area contributed by atoms with Crippen molar-refractivity contribution >= 4 is 28.9 Å². The van der Waals surface area contributed by atoms with Crippen molar-refractivity contribution < 1.29 is 14.3 Å². The maximum absolute atomic E-state index is 12.3. The van der Waals surface area contributed by atoms with E-state index in [9.17, 15) is 4.79 Å². The Morgan fingerprint density at radius 3 is 2.78 bits per heavy atom. The molecule has 0 spiro atoms. The van der Waals surface area contributed by atoms with Gasteiger partial charge in [-0.15, -0.1) is 6.58 Å². The van der Waals surface area contributed by atoms with Crippen LogP contribution in [0.15, 0.2) is 40.8 Å². The first-order chi connectivity index (χ1) is 11.1. The minimum atomic E-state index is -0.0646. The fourth-order valence-corrected chi connectivity index (χ4v) is 3.01. The third-order valence-corrected chi connectivity index (χ3v) is 4.41. The molecule has 0 radical (unpaired) electrons. The minimum absolute atomic E-state index is 0.0646. The Hall–Kier alpha value is -2.21. The van der Waals surface area contributed by atoms with Crippen LogP contribution in [0.1, 0.15) is 12.0 Å². The smallest absolute Gasteiger partial charge is 0.266 e. The molecule has 0 atom stereocenters. The molecule has 0 saturated carbocycles. The molecule has 1 fully saturated rings. The molecular formula is C17H20N2O3S. The summed E-state index contributed by atoms with van der Waals surface area (Å²) in [4.78, 5) is 19.0. The van der Waals surface area contributed by atoms with Gasteiger partial charge in [0.15, 0.2) is 5.17 Å². The van der Waals surface area contributed by atoms with E-state index in [4.69, 9.17) is 9.47 Å².